The van der Waals surface area contributed by atoms with Gasteiger partial charge in [0.1, 0.15) is 0 Å². The Morgan fingerprint density at radius 3 is 2.52 bits per heavy atom. The summed E-state index contributed by atoms with van der Waals surface area (Å²) in [4.78, 5) is 23.5. The van der Waals surface area contributed by atoms with E-state index in [4.69, 9.17) is 4.74 Å². The van der Waals surface area contributed by atoms with Crippen LogP contribution in [0.3, 0.4) is 0 Å². The number of rotatable bonds is 5. The van der Waals surface area contributed by atoms with Crippen molar-refractivity contribution in [1.29, 1.82) is 0 Å². The summed E-state index contributed by atoms with van der Waals surface area (Å²) >= 11 is 0. The van der Waals surface area contributed by atoms with Crippen molar-refractivity contribution in [3.05, 3.63) is 54.1 Å². The molecule has 0 atom stereocenters. The molecule has 1 heterocycles. The minimum Gasteiger partial charge on any atom is -0.455 e. The summed E-state index contributed by atoms with van der Waals surface area (Å²) in [6.45, 7) is -0.490. The smallest absolute Gasteiger partial charge is 0.455 e. The summed E-state index contributed by atoms with van der Waals surface area (Å²) in [6.07, 6.45) is -3.68. The quantitative estimate of drug-likeness (QED) is 0.840. The minimum absolute atomic E-state index is 0.0488. The molecule has 130 valence electrons. The molecule has 6 nitrogen and oxygen atoms in total. The topological polar surface area (TPSA) is 73.9 Å². The number of carbonyl (C=O) groups is 2. The highest BCUT2D eigenvalue weighted by atomic mass is 19.3. The number of esters is 1. The number of benzene rings is 2. The van der Waals surface area contributed by atoms with Gasteiger partial charge in [-0.15, -0.1) is 8.78 Å². The Morgan fingerprint density at radius 1 is 1.04 bits per heavy atom. The molecule has 0 radical (unpaired) electrons. The van der Waals surface area contributed by atoms with E-state index in [1.807, 2.05) is 6.07 Å². The predicted molar refractivity (Wildman–Crippen MR) is 82.4 cm³/mol. The van der Waals surface area contributed by atoms with E-state index in [9.17, 15) is 18.4 Å². The largest absolute Gasteiger partial charge is 0.586 e. The molecule has 2 aromatic carbocycles. The fourth-order valence-corrected chi connectivity index (χ4v) is 2.18. The van der Waals surface area contributed by atoms with Crippen molar-refractivity contribution in [3.8, 4) is 11.5 Å². The molecule has 8 heteroatoms. The maximum atomic E-state index is 12.9. The Balaban J connectivity index is 1.49. The summed E-state index contributed by atoms with van der Waals surface area (Å²) < 4.78 is 39.3. The molecule has 0 aromatic heterocycles. The van der Waals surface area contributed by atoms with Crippen LogP contribution in [0.5, 0.6) is 11.5 Å². The number of hydrogen-bond acceptors (Lipinski definition) is 5. The standard InChI is InChI=1S/C17H13F2NO5/c18-17(19)24-13-7-6-12(9-14(13)25-17)20-15(21)10-23-16(22)8-11-4-2-1-3-5-11/h1-7,9H,8,10H2,(H,20,21). The molecule has 1 N–H and O–H groups in total. The fourth-order valence-electron chi connectivity index (χ4n) is 2.18. The summed E-state index contributed by atoms with van der Waals surface area (Å²) in [5, 5.41) is 2.42. The molecular weight excluding hydrogens is 336 g/mol. The van der Waals surface area contributed by atoms with Gasteiger partial charge in [0, 0.05) is 11.8 Å². The molecule has 0 fully saturated rings. The number of carbonyl (C=O) groups excluding carboxylic acids is 2. The zero-order valence-electron chi connectivity index (χ0n) is 12.8. The normalized spacial score (nSPS) is 14.0. The van der Waals surface area contributed by atoms with Crippen molar-refractivity contribution in [2.24, 2.45) is 0 Å². The molecular formula is C17H13F2NO5. The van der Waals surface area contributed by atoms with Gasteiger partial charge in [0.15, 0.2) is 18.1 Å². The summed E-state index contributed by atoms with van der Waals surface area (Å²) in [5.74, 6) is -1.47. The van der Waals surface area contributed by atoms with Gasteiger partial charge in [0.2, 0.25) is 0 Å². The van der Waals surface area contributed by atoms with Gasteiger partial charge >= 0.3 is 12.3 Å². The number of nitrogens with one attached hydrogen (secondary N) is 1. The molecule has 1 aliphatic rings. The summed E-state index contributed by atoms with van der Waals surface area (Å²) in [5.41, 5.74) is 0.980. The predicted octanol–water partition coefficient (Wildman–Crippen LogP) is 2.73. The lowest BCUT2D eigenvalue weighted by Gasteiger charge is -2.07. The van der Waals surface area contributed by atoms with E-state index < -0.39 is 24.8 Å². The van der Waals surface area contributed by atoms with Gasteiger partial charge in [-0.3, -0.25) is 9.59 Å². The molecule has 1 amide bonds. The Morgan fingerprint density at radius 2 is 1.76 bits per heavy atom. The first-order chi connectivity index (χ1) is 11.9. The van der Waals surface area contributed by atoms with Crippen LogP contribution in [0.2, 0.25) is 0 Å². The van der Waals surface area contributed by atoms with E-state index in [0.29, 0.717) is 0 Å². The summed E-state index contributed by atoms with van der Waals surface area (Å²) in [6, 6.07) is 12.7. The van der Waals surface area contributed by atoms with E-state index in [1.54, 1.807) is 24.3 Å². The first-order valence-corrected chi connectivity index (χ1v) is 7.30. The fraction of sp³-hybridized carbons (Fsp3) is 0.176. The van der Waals surface area contributed by atoms with Crippen LogP contribution in [0.25, 0.3) is 0 Å². The van der Waals surface area contributed by atoms with Gasteiger partial charge in [0.25, 0.3) is 5.91 Å². The first-order valence-electron chi connectivity index (χ1n) is 7.30. The lowest BCUT2D eigenvalue weighted by atomic mass is 10.2. The number of halogens is 2. The molecule has 0 spiro atoms. The van der Waals surface area contributed by atoms with Gasteiger partial charge in [-0.1, -0.05) is 30.3 Å². The average molecular weight is 349 g/mol. The van der Waals surface area contributed by atoms with E-state index >= 15 is 0 Å². The number of alkyl halides is 2. The minimum atomic E-state index is -3.72. The number of fused-ring (bicyclic) bond motifs is 1. The molecule has 25 heavy (non-hydrogen) atoms. The van der Waals surface area contributed by atoms with Crippen LogP contribution < -0.4 is 14.8 Å². The van der Waals surface area contributed by atoms with Crippen LogP contribution in [0.4, 0.5) is 14.5 Å². The Hall–Kier alpha value is -3.16. The second kappa shape index (κ2) is 6.76. The highest BCUT2D eigenvalue weighted by Crippen LogP contribution is 2.42. The zero-order chi connectivity index (χ0) is 17.9. The van der Waals surface area contributed by atoms with Gasteiger partial charge in [-0.05, 0) is 17.7 Å². The van der Waals surface area contributed by atoms with E-state index in [1.165, 1.54) is 18.2 Å². The van der Waals surface area contributed by atoms with Crippen molar-refractivity contribution in [2.45, 2.75) is 12.7 Å². The Bertz CT molecular complexity index is 795. The molecule has 0 aliphatic carbocycles. The van der Waals surface area contributed by atoms with Crippen LogP contribution in [0, 0.1) is 0 Å². The SMILES string of the molecule is O=C(COC(=O)Cc1ccccc1)Nc1ccc2c(c1)OC(F)(F)O2. The molecule has 1 aliphatic heterocycles. The van der Waals surface area contributed by atoms with Gasteiger partial charge in [-0.25, -0.2) is 0 Å². The average Bonchev–Trinajstić information content (AvgIpc) is 2.87. The van der Waals surface area contributed by atoms with Crippen molar-refractivity contribution >= 4 is 17.6 Å². The molecule has 0 saturated carbocycles. The molecule has 2 aromatic rings. The van der Waals surface area contributed by atoms with Crippen LogP contribution >= 0.6 is 0 Å². The number of anilines is 1. The third-order valence-electron chi connectivity index (χ3n) is 3.24. The lowest BCUT2D eigenvalue weighted by Crippen LogP contribution is -2.25. The second-order valence-corrected chi connectivity index (χ2v) is 5.20. The second-order valence-electron chi connectivity index (χ2n) is 5.20. The van der Waals surface area contributed by atoms with Crippen molar-refractivity contribution in [1.82, 2.24) is 0 Å². The van der Waals surface area contributed by atoms with Crippen LogP contribution in [-0.4, -0.2) is 24.8 Å². The van der Waals surface area contributed by atoms with E-state index in [2.05, 4.69) is 14.8 Å². The Labute approximate surface area is 141 Å². The number of ether oxygens (including phenoxy) is 3. The highest BCUT2D eigenvalue weighted by molar-refractivity contribution is 5.93. The van der Waals surface area contributed by atoms with E-state index in [0.717, 1.165) is 5.56 Å². The lowest BCUT2D eigenvalue weighted by molar-refractivity contribution is -0.286. The number of hydrogen-bond donors (Lipinski definition) is 1. The molecule has 0 bridgehead atoms. The first kappa shape index (κ1) is 16.7. The van der Waals surface area contributed by atoms with Gasteiger partial charge in [0.05, 0.1) is 6.42 Å². The van der Waals surface area contributed by atoms with Crippen molar-refractivity contribution in [2.75, 3.05) is 11.9 Å². The van der Waals surface area contributed by atoms with Gasteiger partial charge in [-0.2, -0.15) is 0 Å². The molecule has 3 rings (SSSR count). The van der Waals surface area contributed by atoms with Crippen LogP contribution in [0.1, 0.15) is 5.56 Å². The molecule has 0 saturated heterocycles. The molecule has 0 unspecified atom stereocenters. The zero-order valence-corrected chi connectivity index (χ0v) is 12.8. The van der Waals surface area contributed by atoms with Gasteiger partial charge < -0.3 is 19.5 Å². The van der Waals surface area contributed by atoms with Crippen molar-refractivity contribution < 1.29 is 32.6 Å². The van der Waals surface area contributed by atoms with Crippen molar-refractivity contribution in [3.63, 3.8) is 0 Å². The monoisotopic (exact) mass is 349 g/mol. The van der Waals surface area contributed by atoms with Crippen LogP contribution in [-0.2, 0) is 20.7 Å². The highest BCUT2D eigenvalue weighted by Gasteiger charge is 2.43. The maximum Gasteiger partial charge on any atom is 0.586 e. The van der Waals surface area contributed by atoms with Crippen LogP contribution in [0.15, 0.2) is 48.5 Å². The third-order valence-corrected chi connectivity index (χ3v) is 3.24. The number of amides is 1. The Kier molecular flexibility index (Phi) is 4.51. The maximum absolute atomic E-state index is 12.9. The third kappa shape index (κ3) is 4.43. The summed E-state index contributed by atoms with van der Waals surface area (Å²) in [7, 11) is 0. The van der Waals surface area contributed by atoms with E-state index in [-0.39, 0.29) is 23.6 Å².